The van der Waals surface area contributed by atoms with E-state index in [4.69, 9.17) is 23.7 Å². The molecule has 0 radical (unpaired) electrons. The minimum Gasteiger partial charge on any atom is -0.493 e. The molecule has 2 aromatic carbocycles. The van der Waals surface area contributed by atoms with Crippen LogP contribution in [0.5, 0.6) is 28.7 Å². The number of benzene rings is 2. The molecule has 1 N–H and O–H groups in total. The Hall–Kier alpha value is -3.62. The van der Waals surface area contributed by atoms with Crippen molar-refractivity contribution in [1.29, 1.82) is 0 Å². The normalized spacial score (nSPS) is 17.2. The number of likely N-dealkylation sites (tertiary alicyclic amines) is 1. The van der Waals surface area contributed by atoms with E-state index in [0.717, 1.165) is 18.4 Å². The Bertz CT molecular complexity index is 1030. The smallest absolute Gasteiger partial charge is 0.230 e. The number of hydrogen-bond acceptors (Lipinski definition) is 7. The summed E-state index contributed by atoms with van der Waals surface area (Å²) in [5, 5.41) is 2.94. The van der Waals surface area contributed by atoms with Crippen molar-refractivity contribution >= 4 is 17.5 Å². The summed E-state index contributed by atoms with van der Waals surface area (Å²) in [4.78, 5) is 28.5. The number of rotatable bonds is 11. The molecule has 1 saturated heterocycles. The molecule has 0 aliphatic carbocycles. The molecule has 1 heterocycles. The third kappa shape index (κ3) is 5.23. The monoisotopic (exact) mass is 486 g/mol. The summed E-state index contributed by atoms with van der Waals surface area (Å²) in [7, 11) is 7.65. The highest BCUT2D eigenvalue weighted by Crippen LogP contribution is 2.46. The number of para-hydroxylation sites is 1. The molecule has 0 saturated carbocycles. The molecule has 0 spiro atoms. The van der Waals surface area contributed by atoms with Crippen LogP contribution < -0.4 is 29.0 Å². The number of anilines is 1. The van der Waals surface area contributed by atoms with Crippen LogP contribution in [-0.2, 0) is 9.59 Å². The quantitative estimate of drug-likeness (QED) is 0.512. The number of carbonyl (C=O) groups excluding carboxylic acids is 2. The zero-order valence-electron chi connectivity index (χ0n) is 21.2. The molecule has 9 heteroatoms. The van der Waals surface area contributed by atoms with Gasteiger partial charge in [0.2, 0.25) is 17.6 Å². The Morgan fingerprint density at radius 2 is 1.57 bits per heavy atom. The van der Waals surface area contributed by atoms with Crippen molar-refractivity contribution in [3.63, 3.8) is 0 Å². The maximum Gasteiger partial charge on any atom is 0.230 e. The van der Waals surface area contributed by atoms with Crippen LogP contribution >= 0.6 is 0 Å². The summed E-state index contributed by atoms with van der Waals surface area (Å²) in [5.74, 6) is 1.32. The molecule has 0 unspecified atom stereocenters. The first kappa shape index (κ1) is 26.0. The third-order valence-electron chi connectivity index (χ3n) is 6.21. The largest absolute Gasteiger partial charge is 0.493 e. The molecule has 2 atom stereocenters. The summed E-state index contributed by atoms with van der Waals surface area (Å²) >= 11 is 0. The molecule has 2 amide bonds. The van der Waals surface area contributed by atoms with E-state index in [1.807, 2.05) is 12.1 Å². The molecule has 2 aromatic rings. The van der Waals surface area contributed by atoms with Gasteiger partial charge >= 0.3 is 0 Å². The number of nitrogens with zero attached hydrogens (tertiary/aromatic N) is 1. The molecular formula is C26H34N2O7. The van der Waals surface area contributed by atoms with E-state index in [1.54, 1.807) is 37.3 Å². The molecule has 9 nitrogen and oxygen atoms in total. The van der Waals surface area contributed by atoms with Gasteiger partial charge in [0.05, 0.1) is 47.5 Å². The van der Waals surface area contributed by atoms with Crippen LogP contribution in [0, 0.1) is 5.92 Å². The predicted octanol–water partition coefficient (Wildman–Crippen LogP) is 4.06. The first-order chi connectivity index (χ1) is 16.9. The van der Waals surface area contributed by atoms with Crippen molar-refractivity contribution in [2.75, 3.05) is 47.4 Å². The standard InChI is InChI=1S/C26H34N2O7/c1-7-8-12-28-22(29)15-18(23(28)17-10-9-11-19(31-2)24(17)34-5)26(30)27-16-13-20(32-3)25(35-6)21(14-16)33-4/h9-11,13-14,18,23H,7-8,12,15H2,1-6H3,(H,27,30)/t18-,23-/m1/s1. The summed E-state index contributed by atoms with van der Waals surface area (Å²) in [6, 6.07) is 8.33. The van der Waals surface area contributed by atoms with Crippen molar-refractivity contribution in [3.05, 3.63) is 35.9 Å². The Balaban J connectivity index is 2.01. The SMILES string of the molecule is CCCCN1C(=O)C[C@@H](C(=O)Nc2cc(OC)c(OC)c(OC)c2)[C@H]1c1cccc(OC)c1OC. The van der Waals surface area contributed by atoms with Crippen LogP contribution in [0.4, 0.5) is 5.69 Å². The topological polar surface area (TPSA) is 95.6 Å². The molecule has 0 bridgehead atoms. The molecular weight excluding hydrogens is 452 g/mol. The van der Waals surface area contributed by atoms with Gasteiger partial charge in [-0.2, -0.15) is 0 Å². The molecule has 1 fully saturated rings. The Morgan fingerprint density at radius 1 is 0.943 bits per heavy atom. The van der Waals surface area contributed by atoms with Crippen LogP contribution in [0.15, 0.2) is 30.3 Å². The summed E-state index contributed by atoms with van der Waals surface area (Å²) in [6.07, 6.45) is 1.84. The van der Waals surface area contributed by atoms with Crippen LogP contribution in [0.25, 0.3) is 0 Å². The Kier molecular flexibility index (Phi) is 8.68. The average molecular weight is 487 g/mol. The van der Waals surface area contributed by atoms with Gasteiger partial charge in [0.15, 0.2) is 23.0 Å². The minimum atomic E-state index is -0.639. The zero-order chi connectivity index (χ0) is 25.5. The zero-order valence-corrected chi connectivity index (χ0v) is 21.2. The average Bonchev–Trinajstić information content (AvgIpc) is 3.21. The summed E-state index contributed by atoms with van der Waals surface area (Å²) in [5.41, 5.74) is 1.21. The maximum absolute atomic E-state index is 13.6. The number of amides is 2. The fourth-order valence-electron chi connectivity index (χ4n) is 4.54. The van der Waals surface area contributed by atoms with Gasteiger partial charge in [0, 0.05) is 36.3 Å². The van der Waals surface area contributed by atoms with Gasteiger partial charge < -0.3 is 33.9 Å². The molecule has 0 aromatic heterocycles. The van der Waals surface area contributed by atoms with Crippen LogP contribution in [0.1, 0.15) is 37.8 Å². The highest BCUT2D eigenvalue weighted by atomic mass is 16.5. The Labute approximate surface area is 206 Å². The van der Waals surface area contributed by atoms with Gasteiger partial charge in [-0.1, -0.05) is 25.5 Å². The van der Waals surface area contributed by atoms with E-state index in [0.29, 0.717) is 41.0 Å². The molecule has 3 rings (SSSR count). The number of ether oxygens (including phenoxy) is 5. The van der Waals surface area contributed by atoms with E-state index in [2.05, 4.69) is 12.2 Å². The fraction of sp³-hybridized carbons (Fsp3) is 0.462. The third-order valence-corrected chi connectivity index (χ3v) is 6.21. The van der Waals surface area contributed by atoms with Crippen molar-refractivity contribution < 1.29 is 33.3 Å². The van der Waals surface area contributed by atoms with Crippen molar-refractivity contribution in [2.24, 2.45) is 5.92 Å². The minimum absolute atomic E-state index is 0.0710. The number of carbonyl (C=O) groups is 2. The lowest BCUT2D eigenvalue weighted by Crippen LogP contribution is -2.33. The van der Waals surface area contributed by atoms with Gasteiger partial charge in [-0.05, 0) is 12.5 Å². The van der Waals surface area contributed by atoms with E-state index in [-0.39, 0.29) is 18.2 Å². The van der Waals surface area contributed by atoms with Gasteiger partial charge in [0.1, 0.15) is 0 Å². The van der Waals surface area contributed by atoms with Gasteiger partial charge in [0.25, 0.3) is 0 Å². The van der Waals surface area contributed by atoms with E-state index in [1.165, 1.54) is 21.3 Å². The van der Waals surface area contributed by atoms with E-state index in [9.17, 15) is 9.59 Å². The van der Waals surface area contributed by atoms with E-state index < -0.39 is 12.0 Å². The second kappa shape index (κ2) is 11.7. The van der Waals surface area contributed by atoms with Crippen LogP contribution in [-0.4, -0.2) is 58.8 Å². The van der Waals surface area contributed by atoms with Crippen molar-refractivity contribution in [3.8, 4) is 28.7 Å². The van der Waals surface area contributed by atoms with Crippen molar-refractivity contribution in [2.45, 2.75) is 32.2 Å². The van der Waals surface area contributed by atoms with Crippen LogP contribution in [0.3, 0.4) is 0 Å². The lowest BCUT2D eigenvalue weighted by molar-refractivity contribution is -0.129. The van der Waals surface area contributed by atoms with Crippen molar-refractivity contribution in [1.82, 2.24) is 4.90 Å². The summed E-state index contributed by atoms with van der Waals surface area (Å²) < 4.78 is 27.3. The Morgan fingerprint density at radius 3 is 2.11 bits per heavy atom. The highest BCUT2D eigenvalue weighted by molar-refractivity contribution is 5.98. The fourth-order valence-corrected chi connectivity index (χ4v) is 4.54. The molecule has 1 aliphatic rings. The van der Waals surface area contributed by atoms with Gasteiger partial charge in [-0.15, -0.1) is 0 Å². The second-order valence-corrected chi connectivity index (χ2v) is 8.18. The van der Waals surface area contributed by atoms with Gasteiger partial charge in [-0.3, -0.25) is 9.59 Å². The number of unbranched alkanes of at least 4 members (excludes halogenated alkanes) is 1. The summed E-state index contributed by atoms with van der Waals surface area (Å²) in [6.45, 7) is 2.62. The predicted molar refractivity (Wildman–Crippen MR) is 132 cm³/mol. The lowest BCUT2D eigenvalue weighted by Gasteiger charge is -2.30. The molecule has 190 valence electrons. The first-order valence-corrected chi connectivity index (χ1v) is 11.5. The molecule has 1 aliphatic heterocycles. The van der Waals surface area contributed by atoms with Gasteiger partial charge in [-0.25, -0.2) is 0 Å². The first-order valence-electron chi connectivity index (χ1n) is 11.5. The van der Waals surface area contributed by atoms with E-state index >= 15 is 0 Å². The number of hydrogen-bond donors (Lipinski definition) is 1. The number of methoxy groups -OCH3 is 5. The highest BCUT2D eigenvalue weighted by Gasteiger charge is 2.45. The maximum atomic E-state index is 13.6. The lowest BCUT2D eigenvalue weighted by atomic mass is 9.91. The molecule has 35 heavy (non-hydrogen) atoms. The second-order valence-electron chi connectivity index (χ2n) is 8.18. The number of nitrogens with one attached hydrogen (secondary N) is 1. The van der Waals surface area contributed by atoms with Crippen LogP contribution in [0.2, 0.25) is 0 Å².